The topological polar surface area (TPSA) is 111 Å². The molecule has 1 aromatic rings. The van der Waals surface area contributed by atoms with Crippen molar-refractivity contribution < 1.29 is 26.7 Å². The maximum Gasteiger partial charge on any atom is 0.435 e. The number of carbonyl (C=O) groups excluding carboxylic acids is 1. The lowest BCUT2D eigenvalue weighted by Crippen LogP contribution is -2.68. The molecule has 1 amide bonds. The minimum Gasteiger partial charge on any atom is -0.442 e. The number of hydrogen-bond acceptors (Lipinski definition) is 5. The van der Waals surface area contributed by atoms with Crippen molar-refractivity contribution >= 4 is 27.5 Å². The van der Waals surface area contributed by atoms with Gasteiger partial charge in [0, 0.05) is 11.3 Å². The van der Waals surface area contributed by atoms with Gasteiger partial charge in [-0.1, -0.05) is 0 Å². The first-order valence-corrected chi connectivity index (χ1v) is 11.3. The number of carbonyl (C=O) groups is 1. The zero-order valence-corrected chi connectivity index (χ0v) is 18.3. The van der Waals surface area contributed by atoms with Crippen LogP contribution < -0.4 is 11.1 Å². The highest BCUT2D eigenvalue weighted by Gasteiger charge is 2.64. The molecule has 0 spiro atoms. The van der Waals surface area contributed by atoms with E-state index >= 15 is 0 Å². The number of alkyl halides is 1. The first kappa shape index (κ1) is 22.5. The van der Waals surface area contributed by atoms with E-state index in [4.69, 9.17) is 10.5 Å². The zero-order chi connectivity index (χ0) is 22.5. The van der Waals surface area contributed by atoms with E-state index in [2.05, 4.69) is 10.3 Å². The SMILES string of the molecule is CC(C)(C)OC(=O)/N=C1/N[C@](C)(c2cc(N)ccc2F)CS(=O)(=O)[C@@]1(CF)C1CC1. The highest BCUT2D eigenvalue weighted by atomic mass is 32.2. The number of hydrogen-bond donors (Lipinski definition) is 2. The first-order chi connectivity index (χ1) is 13.7. The van der Waals surface area contributed by atoms with Gasteiger partial charge in [0.25, 0.3) is 0 Å². The van der Waals surface area contributed by atoms with Crippen LogP contribution in [0.3, 0.4) is 0 Å². The lowest BCUT2D eigenvalue weighted by molar-refractivity contribution is 0.0602. The second kappa shape index (κ2) is 7.18. The average Bonchev–Trinajstić information content (AvgIpc) is 3.40. The molecule has 0 radical (unpaired) electrons. The number of rotatable bonds is 3. The number of amides is 1. The Balaban J connectivity index is 2.16. The summed E-state index contributed by atoms with van der Waals surface area (Å²) < 4.78 is 59.0. The molecule has 2 fully saturated rings. The monoisotopic (exact) mass is 443 g/mol. The number of aliphatic imine (C=N–C) groups is 1. The minimum atomic E-state index is -4.18. The van der Waals surface area contributed by atoms with Gasteiger partial charge in [0.15, 0.2) is 14.6 Å². The fraction of sp³-hybridized carbons (Fsp3) is 0.600. The number of sulfone groups is 1. The summed E-state index contributed by atoms with van der Waals surface area (Å²) in [5, 5.41) is 2.88. The van der Waals surface area contributed by atoms with Gasteiger partial charge in [0.2, 0.25) is 0 Å². The fourth-order valence-electron chi connectivity index (χ4n) is 3.92. The maximum atomic E-state index is 14.6. The molecule has 1 heterocycles. The van der Waals surface area contributed by atoms with Gasteiger partial charge in [-0.2, -0.15) is 4.99 Å². The van der Waals surface area contributed by atoms with E-state index in [1.807, 2.05) is 0 Å². The Kier molecular flexibility index (Phi) is 5.37. The van der Waals surface area contributed by atoms with Gasteiger partial charge in [0.05, 0.1) is 11.3 Å². The number of anilines is 1. The molecule has 7 nitrogen and oxygen atoms in total. The zero-order valence-electron chi connectivity index (χ0n) is 17.5. The highest BCUT2D eigenvalue weighted by Crippen LogP contribution is 2.49. The van der Waals surface area contributed by atoms with Gasteiger partial charge in [-0.15, -0.1) is 0 Å². The van der Waals surface area contributed by atoms with Crippen LogP contribution in [0.1, 0.15) is 46.1 Å². The van der Waals surface area contributed by atoms with Gasteiger partial charge in [0.1, 0.15) is 23.9 Å². The van der Waals surface area contributed by atoms with Gasteiger partial charge >= 0.3 is 6.09 Å². The predicted octanol–water partition coefficient (Wildman–Crippen LogP) is 3.09. The summed E-state index contributed by atoms with van der Waals surface area (Å²) in [5.41, 5.74) is 3.62. The Hall–Kier alpha value is -2.23. The standard InChI is InChI=1S/C20H27F2N3O4S/c1-18(2,3)29-17(26)24-16-20(10-21,12-5-6-12)30(27,28)11-19(4,25-16)14-9-13(23)7-8-15(14)22/h7-9,12H,5-6,10-11,23H2,1-4H3,(H,24,25,26)/t19-,20-/m0/s1. The summed E-state index contributed by atoms with van der Waals surface area (Å²) in [7, 11) is -4.18. The molecule has 30 heavy (non-hydrogen) atoms. The summed E-state index contributed by atoms with van der Waals surface area (Å²) in [4.78, 5) is 16.2. The molecule has 2 atom stereocenters. The van der Waals surface area contributed by atoms with Crippen molar-refractivity contribution in [2.24, 2.45) is 10.9 Å². The van der Waals surface area contributed by atoms with E-state index in [9.17, 15) is 22.0 Å². The van der Waals surface area contributed by atoms with E-state index in [1.165, 1.54) is 19.1 Å². The molecule has 0 aromatic heterocycles. The number of benzene rings is 1. The second-order valence-corrected chi connectivity index (χ2v) is 11.4. The van der Waals surface area contributed by atoms with Crippen LogP contribution in [0.5, 0.6) is 0 Å². The molecule has 1 aliphatic carbocycles. The van der Waals surface area contributed by atoms with Crippen molar-refractivity contribution in [2.75, 3.05) is 18.2 Å². The van der Waals surface area contributed by atoms with Gasteiger partial charge < -0.3 is 15.8 Å². The van der Waals surface area contributed by atoms with E-state index < -0.39 is 56.0 Å². The Morgan fingerprint density at radius 2 is 2.00 bits per heavy atom. The van der Waals surface area contributed by atoms with Crippen molar-refractivity contribution in [3.8, 4) is 0 Å². The third kappa shape index (κ3) is 3.89. The normalized spacial score (nSPS) is 30.0. The number of nitrogen functional groups attached to an aromatic ring is 1. The second-order valence-electron chi connectivity index (χ2n) is 9.19. The molecule has 10 heteroatoms. The maximum absolute atomic E-state index is 14.6. The van der Waals surface area contributed by atoms with Crippen LogP contribution in [0.25, 0.3) is 0 Å². The fourth-order valence-corrected chi connectivity index (χ4v) is 6.47. The predicted molar refractivity (Wildman–Crippen MR) is 110 cm³/mol. The Bertz CT molecular complexity index is 1000. The first-order valence-electron chi connectivity index (χ1n) is 9.68. The molecule has 0 bridgehead atoms. The number of amidine groups is 1. The quantitative estimate of drug-likeness (QED) is 0.695. The molecule has 1 saturated heterocycles. The third-order valence-corrected chi connectivity index (χ3v) is 8.15. The van der Waals surface area contributed by atoms with Crippen LogP contribution in [0.2, 0.25) is 0 Å². The third-order valence-electron chi connectivity index (χ3n) is 5.45. The minimum absolute atomic E-state index is 0.00813. The van der Waals surface area contributed by atoms with Gasteiger partial charge in [-0.05, 0) is 64.7 Å². The molecular formula is C20H27F2N3O4S. The molecule has 2 aliphatic rings. The Morgan fingerprint density at radius 1 is 1.37 bits per heavy atom. The van der Waals surface area contributed by atoms with Crippen molar-refractivity contribution in [1.29, 1.82) is 0 Å². The molecule has 1 saturated carbocycles. The molecule has 1 aliphatic heterocycles. The van der Waals surface area contributed by atoms with Crippen LogP contribution in [-0.2, 0) is 20.1 Å². The molecule has 166 valence electrons. The lowest BCUT2D eigenvalue weighted by atomic mass is 9.90. The number of halogens is 2. The smallest absolute Gasteiger partial charge is 0.435 e. The van der Waals surface area contributed by atoms with Crippen LogP contribution in [-0.4, -0.2) is 43.1 Å². The summed E-state index contributed by atoms with van der Waals surface area (Å²) in [6, 6.07) is 3.81. The van der Waals surface area contributed by atoms with Crippen molar-refractivity contribution in [2.45, 2.75) is 56.4 Å². The summed E-state index contributed by atoms with van der Waals surface area (Å²) in [6.07, 6.45) is -0.0701. The van der Waals surface area contributed by atoms with E-state index in [0.29, 0.717) is 12.8 Å². The number of nitrogens with two attached hydrogens (primary N) is 1. The van der Waals surface area contributed by atoms with Gasteiger partial charge in [-0.25, -0.2) is 22.0 Å². The Labute approximate surface area is 175 Å². The van der Waals surface area contributed by atoms with Crippen LogP contribution in [0.15, 0.2) is 23.2 Å². The van der Waals surface area contributed by atoms with Crippen molar-refractivity contribution in [1.82, 2.24) is 5.32 Å². The number of ether oxygens (including phenoxy) is 1. The molecule has 1 aromatic carbocycles. The van der Waals surface area contributed by atoms with Crippen molar-refractivity contribution in [3.63, 3.8) is 0 Å². The van der Waals surface area contributed by atoms with E-state index in [1.54, 1.807) is 20.8 Å². The lowest BCUT2D eigenvalue weighted by Gasteiger charge is -2.45. The molecule has 0 unspecified atom stereocenters. The summed E-state index contributed by atoms with van der Waals surface area (Å²) >= 11 is 0. The number of nitrogens with one attached hydrogen (secondary N) is 1. The van der Waals surface area contributed by atoms with E-state index in [0.717, 1.165) is 6.07 Å². The summed E-state index contributed by atoms with van der Waals surface area (Å²) in [5.74, 6) is -2.12. The largest absolute Gasteiger partial charge is 0.442 e. The van der Waals surface area contributed by atoms with E-state index in [-0.39, 0.29) is 17.1 Å². The van der Waals surface area contributed by atoms with Crippen LogP contribution in [0.4, 0.5) is 19.3 Å². The van der Waals surface area contributed by atoms with Gasteiger partial charge in [-0.3, -0.25) is 0 Å². The van der Waals surface area contributed by atoms with Crippen molar-refractivity contribution in [3.05, 3.63) is 29.6 Å². The summed E-state index contributed by atoms with van der Waals surface area (Å²) in [6.45, 7) is 5.11. The average molecular weight is 444 g/mol. The molecular weight excluding hydrogens is 416 g/mol. The van der Waals surface area contributed by atoms with Crippen LogP contribution in [0, 0.1) is 11.7 Å². The Morgan fingerprint density at radius 3 is 2.53 bits per heavy atom. The van der Waals surface area contributed by atoms with Crippen LogP contribution >= 0.6 is 0 Å². The highest BCUT2D eigenvalue weighted by molar-refractivity contribution is 7.93. The molecule has 3 N–H and O–H groups in total. The number of nitrogens with zero attached hydrogens (tertiary/aromatic N) is 1. The molecule has 3 rings (SSSR count).